The molecule has 6 nitrogen and oxygen atoms in total. The normalized spacial score (nSPS) is 10.7. The number of carbonyl (C=O) groups excluding carboxylic acids is 1. The molecule has 0 spiro atoms. The van der Waals surface area contributed by atoms with Crippen LogP contribution in [0, 0.1) is 18.3 Å². The number of anilines is 2. The van der Waals surface area contributed by atoms with Crippen LogP contribution in [0.4, 0.5) is 11.6 Å². The number of aromatic nitrogens is 2. The highest BCUT2D eigenvalue weighted by Gasteiger charge is 2.11. The molecule has 1 aromatic carbocycles. The summed E-state index contributed by atoms with van der Waals surface area (Å²) in [7, 11) is 0. The molecule has 0 saturated carbocycles. The van der Waals surface area contributed by atoms with Crippen LogP contribution in [0.25, 0.3) is 0 Å². The van der Waals surface area contributed by atoms with E-state index < -0.39 is 5.91 Å². The van der Waals surface area contributed by atoms with Crippen LogP contribution in [0.1, 0.15) is 5.56 Å². The molecule has 1 aromatic heterocycles. The monoisotopic (exact) mass is 313 g/mol. The van der Waals surface area contributed by atoms with E-state index in [1.165, 1.54) is 6.20 Å². The summed E-state index contributed by atoms with van der Waals surface area (Å²) in [6.45, 7) is 1.83. The number of nitrogens with zero attached hydrogens (tertiary/aromatic N) is 3. The number of nitrogens with one attached hydrogen (secondary N) is 2. The van der Waals surface area contributed by atoms with Gasteiger partial charge in [-0.15, -0.1) is 0 Å². The van der Waals surface area contributed by atoms with Crippen LogP contribution in [0.15, 0.2) is 48.4 Å². The number of hydrogen-bond donors (Lipinski definition) is 2. The van der Waals surface area contributed by atoms with E-state index in [1.807, 2.05) is 13.0 Å². The van der Waals surface area contributed by atoms with Crippen LogP contribution in [0.2, 0.25) is 5.02 Å². The number of halogens is 1. The van der Waals surface area contributed by atoms with Gasteiger partial charge in [-0.05, 0) is 30.7 Å². The zero-order chi connectivity index (χ0) is 15.9. The maximum Gasteiger partial charge on any atom is 0.267 e. The number of aryl methyl sites for hydroxylation is 1. The number of benzene rings is 1. The minimum absolute atomic E-state index is 0.105. The van der Waals surface area contributed by atoms with Crippen molar-refractivity contribution >= 4 is 29.1 Å². The van der Waals surface area contributed by atoms with Gasteiger partial charge in [0.1, 0.15) is 11.6 Å². The number of nitriles is 1. The molecule has 0 radical (unpaired) electrons. The molecule has 0 unspecified atom stereocenters. The Balaban J connectivity index is 2.12. The van der Waals surface area contributed by atoms with Gasteiger partial charge in [0.05, 0.1) is 0 Å². The Bertz CT molecular complexity index is 752. The quantitative estimate of drug-likeness (QED) is 0.669. The van der Waals surface area contributed by atoms with Gasteiger partial charge in [0.25, 0.3) is 5.91 Å². The summed E-state index contributed by atoms with van der Waals surface area (Å²) in [4.78, 5) is 20.0. The van der Waals surface area contributed by atoms with E-state index in [0.29, 0.717) is 16.7 Å². The summed E-state index contributed by atoms with van der Waals surface area (Å²) in [5, 5.41) is 14.9. The highest BCUT2D eigenvalue weighted by molar-refractivity contribution is 6.31. The zero-order valence-corrected chi connectivity index (χ0v) is 12.4. The van der Waals surface area contributed by atoms with Gasteiger partial charge >= 0.3 is 0 Å². The highest BCUT2D eigenvalue weighted by Crippen LogP contribution is 2.20. The molecule has 0 fully saturated rings. The van der Waals surface area contributed by atoms with Crippen LogP contribution in [0.5, 0.6) is 0 Å². The number of amides is 1. The summed E-state index contributed by atoms with van der Waals surface area (Å²) in [5.74, 6) is -0.252. The third kappa shape index (κ3) is 4.04. The zero-order valence-electron chi connectivity index (χ0n) is 11.7. The number of hydrogen-bond acceptors (Lipinski definition) is 5. The molecule has 1 heterocycles. The van der Waals surface area contributed by atoms with Crippen molar-refractivity contribution in [2.75, 3.05) is 10.6 Å². The standard InChI is InChI=1S/C15H12ClN5O/c1-10-3-4-12(16)7-13(10)21-14(22)11(8-17)9-20-15-18-5-2-6-19-15/h2-7,9H,1H3,(H,21,22)(H,18,19,20)/b11-9-. The van der Waals surface area contributed by atoms with Crippen molar-refractivity contribution in [2.24, 2.45) is 0 Å². The second-order valence-corrected chi connectivity index (χ2v) is 4.74. The Morgan fingerprint density at radius 2 is 2.09 bits per heavy atom. The molecule has 0 aliphatic carbocycles. The summed E-state index contributed by atoms with van der Waals surface area (Å²) in [6, 6.07) is 8.61. The van der Waals surface area contributed by atoms with E-state index in [-0.39, 0.29) is 5.57 Å². The maximum atomic E-state index is 12.1. The second kappa shape index (κ2) is 7.20. The first-order valence-electron chi connectivity index (χ1n) is 6.31. The SMILES string of the molecule is Cc1ccc(Cl)cc1NC(=O)/C(C#N)=C\Nc1ncccn1. The van der Waals surface area contributed by atoms with Gasteiger partial charge in [-0.3, -0.25) is 4.79 Å². The third-order valence-electron chi connectivity index (χ3n) is 2.72. The van der Waals surface area contributed by atoms with E-state index in [0.717, 1.165) is 5.56 Å². The lowest BCUT2D eigenvalue weighted by molar-refractivity contribution is -0.112. The first kappa shape index (κ1) is 15.5. The molecule has 110 valence electrons. The smallest absolute Gasteiger partial charge is 0.267 e. The van der Waals surface area contributed by atoms with Crippen molar-refractivity contribution in [3.8, 4) is 6.07 Å². The lowest BCUT2D eigenvalue weighted by Crippen LogP contribution is -2.15. The molecule has 22 heavy (non-hydrogen) atoms. The van der Waals surface area contributed by atoms with Gasteiger partial charge in [-0.25, -0.2) is 9.97 Å². The highest BCUT2D eigenvalue weighted by atomic mass is 35.5. The van der Waals surface area contributed by atoms with E-state index in [4.69, 9.17) is 16.9 Å². The Kier molecular flexibility index (Phi) is 5.07. The molecule has 2 rings (SSSR count). The number of carbonyl (C=O) groups is 1. The van der Waals surface area contributed by atoms with E-state index in [2.05, 4.69) is 20.6 Å². The lowest BCUT2D eigenvalue weighted by Gasteiger charge is -2.08. The molecule has 0 bridgehead atoms. The van der Waals surface area contributed by atoms with E-state index in [1.54, 1.807) is 36.7 Å². The molecule has 7 heteroatoms. The summed E-state index contributed by atoms with van der Waals surface area (Å²) < 4.78 is 0. The summed E-state index contributed by atoms with van der Waals surface area (Å²) >= 11 is 5.90. The summed E-state index contributed by atoms with van der Waals surface area (Å²) in [6.07, 6.45) is 4.35. The van der Waals surface area contributed by atoms with Crippen molar-refractivity contribution in [3.05, 3.63) is 59.0 Å². The predicted molar refractivity (Wildman–Crippen MR) is 84.2 cm³/mol. The fourth-order valence-corrected chi connectivity index (χ4v) is 1.75. The fraction of sp³-hybridized carbons (Fsp3) is 0.0667. The van der Waals surface area contributed by atoms with Gasteiger partial charge < -0.3 is 10.6 Å². The minimum atomic E-state index is -0.545. The Morgan fingerprint density at radius 1 is 1.36 bits per heavy atom. The molecule has 2 N–H and O–H groups in total. The van der Waals surface area contributed by atoms with Crippen molar-refractivity contribution in [3.63, 3.8) is 0 Å². The van der Waals surface area contributed by atoms with Crippen molar-refractivity contribution in [1.82, 2.24) is 9.97 Å². The third-order valence-corrected chi connectivity index (χ3v) is 2.96. The van der Waals surface area contributed by atoms with E-state index >= 15 is 0 Å². The average Bonchev–Trinajstić information content (AvgIpc) is 2.52. The molecule has 2 aromatic rings. The van der Waals surface area contributed by atoms with Gasteiger partial charge in [0.2, 0.25) is 5.95 Å². The molecule has 0 saturated heterocycles. The maximum absolute atomic E-state index is 12.1. The second-order valence-electron chi connectivity index (χ2n) is 4.30. The molecule has 0 aliphatic heterocycles. The van der Waals surface area contributed by atoms with Crippen LogP contribution in [0.3, 0.4) is 0 Å². The Hall–Kier alpha value is -2.91. The van der Waals surface area contributed by atoms with Crippen molar-refractivity contribution < 1.29 is 4.79 Å². The van der Waals surface area contributed by atoms with Gasteiger partial charge in [-0.1, -0.05) is 17.7 Å². The molecular formula is C15H12ClN5O. The largest absolute Gasteiger partial charge is 0.329 e. The van der Waals surface area contributed by atoms with Gasteiger partial charge in [0.15, 0.2) is 0 Å². The average molecular weight is 314 g/mol. The van der Waals surface area contributed by atoms with E-state index in [9.17, 15) is 4.79 Å². The van der Waals surface area contributed by atoms with Crippen LogP contribution in [-0.2, 0) is 4.79 Å². The lowest BCUT2D eigenvalue weighted by atomic mass is 10.2. The Labute approximate surface area is 132 Å². The topological polar surface area (TPSA) is 90.7 Å². The molecule has 0 atom stereocenters. The minimum Gasteiger partial charge on any atom is -0.329 e. The summed E-state index contributed by atoms with van der Waals surface area (Å²) in [5.41, 5.74) is 1.29. The first-order chi connectivity index (χ1) is 10.6. The van der Waals surface area contributed by atoms with Crippen molar-refractivity contribution in [1.29, 1.82) is 5.26 Å². The van der Waals surface area contributed by atoms with Gasteiger partial charge in [0, 0.05) is 29.3 Å². The molecule has 1 amide bonds. The predicted octanol–water partition coefficient (Wildman–Crippen LogP) is 2.90. The van der Waals surface area contributed by atoms with Crippen LogP contribution in [-0.4, -0.2) is 15.9 Å². The number of rotatable bonds is 4. The first-order valence-corrected chi connectivity index (χ1v) is 6.69. The molecule has 0 aliphatic rings. The fourth-order valence-electron chi connectivity index (χ4n) is 1.58. The Morgan fingerprint density at radius 3 is 2.77 bits per heavy atom. The van der Waals surface area contributed by atoms with Crippen LogP contribution < -0.4 is 10.6 Å². The van der Waals surface area contributed by atoms with Crippen LogP contribution >= 0.6 is 11.6 Å². The molecular weight excluding hydrogens is 302 g/mol. The van der Waals surface area contributed by atoms with Crippen molar-refractivity contribution in [2.45, 2.75) is 6.92 Å². The van der Waals surface area contributed by atoms with Gasteiger partial charge in [-0.2, -0.15) is 5.26 Å².